The maximum absolute atomic E-state index is 12.6. The standard InChI is InChI=1S/C22H27N3O4S/c1-3-13-29-19-11-5-4-10-18(19)21(27)25-22(30)24-17-9-6-8-16(15-17)20(26)23-12-7-14-28-2/h4-6,8-11,15H,3,7,12-14H2,1-2H3,(H,23,26)(H2,24,25,27,30). The summed E-state index contributed by atoms with van der Waals surface area (Å²) >= 11 is 5.25. The molecule has 160 valence electrons. The molecule has 0 spiro atoms. The number of para-hydroxylation sites is 1. The minimum atomic E-state index is -0.369. The van der Waals surface area contributed by atoms with E-state index in [1.807, 2.05) is 13.0 Å². The number of hydrogen-bond donors (Lipinski definition) is 3. The fourth-order valence-corrected chi connectivity index (χ4v) is 2.79. The van der Waals surface area contributed by atoms with E-state index in [0.29, 0.717) is 42.3 Å². The van der Waals surface area contributed by atoms with Crippen LogP contribution in [0, 0.1) is 0 Å². The monoisotopic (exact) mass is 429 g/mol. The van der Waals surface area contributed by atoms with Crippen molar-refractivity contribution in [3.8, 4) is 5.75 Å². The number of nitrogens with one attached hydrogen (secondary N) is 3. The van der Waals surface area contributed by atoms with Gasteiger partial charge in [-0.1, -0.05) is 25.1 Å². The molecule has 0 saturated heterocycles. The van der Waals surface area contributed by atoms with Gasteiger partial charge >= 0.3 is 0 Å². The summed E-state index contributed by atoms with van der Waals surface area (Å²) in [5.41, 5.74) is 1.49. The Morgan fingerprint density at radius 3 is 2.60 bits per heavy atom. The third-order valence-electron chi connectivity index (χ3n) is 4.01. The quantitative estimate of drug-likeness (QED) is 0.396. The highest BCUT2D eigenvalue weighted by Gasteiger charge is 2.14. The number of amides is 2. The number of carbonyl (C=O) groups is 2. The van der Waals surface area contributed by atoms with Gasteiger partial charge in [-0.25, -0.2) is 0 Å². The number of carbonyl (C=O) groups excluding carboxylic acids is 2. The first-order valence-electron chi connectivity index (χ1n) is 9.76. The van der Waals surface area contributed by atoms with E-state index in [4.69, 9.17) is 21.7 Å². The largest absolute Gasteiger partial charge is 0.493 e. The van der Waals surface area contributed by atoms with Crippen molar-refractivity contribution in [2.24, 2.45) is 0 Å². The lowest BCUT2D eigenvalue weighted by Crippen LogP contribution is -2.34. The van der Waals surface area contributed by atoms with Crippen molar-refractivity contribution in [2.75, 3.05) is 32.2 Å². The van der Waals surface area contributed by atoms with E-state index in [2.05, 4.69) is 16.0 Å². The lowest BCUT2D eigenvalue weighted by atomic mass is 10.2. The molecule has 3 N–H and O–H groups in total. The van der Waals surface area contributed by atoms with Gasteiger partial charge in [0.15, 0.2) is 5.11 Å². The van der Waals surface area contributed by atoms with Crippen molar-refractivity contribution in [3.05, 3.63) is 59.7 Å². The highest BCUT2D eigenvalue weighted by Crippen LogP contribution is 2.18. The fourth-order valence-electron chi connectivity index (χ4n) is 2.58. The van der Waals surface area contributed by atoms with Crippen molar-refractivity contribution in [3.63, 3.8) is 0 Å². The maximum Gasteiger partial charge on any atom is 0.261 e. The van der Waals surface area contributed by atoms with Crippen LogP contribution in [-0.2, 0) is 4.74 Å². The summed E-state index contributed by atoms with van der Waals surface area (Å²) < 4.78 is 10.6. The predicted molar refractivity (Wildman–Crippen MR) is 121 cm³/mol. The van der Waals surface area contributed by atoms with E-state index in [-0.39, 0.29) is 16.9 Å². The van der Waals surface area contributed by atoms with Crippen molar-refractivity contribution in [2.45, 2.75) is 19.8 Å². The van der Waals surface area contributed by atoms with Crippen molar-refractivity contribution in [1.82, 2.24) is 10.6 Å². The summed E-state index contributed by atoms with van der Waals surface area (Å²) in [4.78, 5) is 24.8. The lowest BCUT2D eigenvalue weighted by molar-refractivity contribution is 0.0946. The summed E-state index contributed by atoms with van der Waals surface area (Å²) in [5.74, 6) is -0.0512. The van der Waals surface area contributed by atoms with Gasteiger partial charge in [0.05, 0.1) is 12.2 Å². The van der Waals surface area contributed by atoms with Crippen LogP contribution in [0.25, 0.3) is 0 Å². The first-order chi connectivity index (χ1) is 14.5. The third kappa shape index (κ3) is 7.46. The number of methoxy groups -OCH3 is 1. The summed E-state index contributed by atoms with van der Waals surface area (Å²) in [6.07, 6.45) is 1.58. The molecule has 7 nitrogen and oxygen atoms in total. The van der Waals surface area contributed by atoms with Crippen LogP contribution in [0.4, 0.5) is 5.69 Å². The zero-order chi connectivity index (χ0) is 21.8. The first-order valence-corrected chi connectivity index (χ1v) is 10.2. The van der Waals surface area contributed by atoms with Gasteiger partial charge in [0.2, 0.25) is 0 Å². The second-order valence-electron chi connectivity index (χ2n) is 6.44. The van der Waals surface area contributed by atoms with Crippen molar-refractivity contribution < 1.29 is 19.1 Å². The molecule has 0 radical (unpaired) electrons. The number of ether oxygens (including phenoxy) is 2. The smallest absolute Gasteiger partial charge is 0.261 e. The molecule has 0 bridgehead atoms. The second kappa shape index (κ2) is 12.6. The van der Waals surface area contributed by atoms with E-state index < -0.39 is 0 Å². The molecule has 0 aliphatic heterocycles. The summed E-state index contributed by atoms with van der Waals surface area (Å²) in [6.45, 7) is 3.63. The molecule has 0 fully saturated rings. The number of hydrogen-bond acceptors (Lipinski definition) is 5. The topological polar surface area (TPSA) is 88.7 Å². The average Bonchev–Trinajstić information content (AvgIpc) is 2.75. The predicted octanol–water partition coefficient (Wildman–Crippen LogP) is 3.37. The van der Waals surface area contributed by atoms with Gasteiger partial charge in [0.1, 0.15) is 5.75 Å². The molecule has 0 heterocycles. The molecule has 2 rings (SSSR count). The van der Waals surface area contributed by atoms with E-state index in [0.717, 1.165) is 12.8 Å². The Labute approximate surface area is 182 Å². The molecule has 0 aromatic heterocycles. The first kappa shape index (κ1) is 23.3. The Bertz CT molecular complexity index is 873. The molecule has 0 saturated carbocycles. The number of thiocarbonyl (C=S) groups is 1. The summed E-state index contributed by atoms with van der Waals surface area (Å²) in [7, 11) is 1.62. The molecular formula is C22H27N3O4S. The summed E-state index contributed by atoms with van der Waals surface area (Å²) in [5, 5.41) is 8.54. The van der Waals surface area contributed by atoms with Crippen LogP contribution in [0.15, 0.2) is 48.5 Å². The average molecular weight is 430 g/mol. The van der Waals surface area contributed by atoms with Gasteiger partial charge in [0, 0.05) is 31.5 Å². The van der Waals surface area contributed by atoms with Crippen molar-refractivity contribution >= 4 is 34.8 Å². The molecule has 0 atom stereocenters. The van der Waals surface area contributed by atoms with Crippen LogP contribution < -0.4 is 20.7 Å². The van der Waals surface area contributed by atoms with Crippen molar-refractivity contribution in [1.29, 1.82) is 0 Å². The highest BCUT2D eigenvalue weighted by molar-refractivity contribution is 7.80. The molecule has 0 unspecified atom stereocenters. The van der Waals surface area contributed by atoms with E-state index >= 15 is 0 Å². The molecule has 0 aliphatic rings. The van der Waals surface area contributed by atoms with E-state index in [1.165, 1.54) is 0 Å². The molecule has 8 heteroatoms. The Hall–Kier alpha value is -2.97. The minimum absolute atomic E-state index is 0.128. The van der Waals surface area contributed by atoms with Crippen LogP contribution in [-0.4, -0.2) is 43.8 Å². The maximum atomic E-state index is 12.6. The molecule has 2 amide bonds. The van der Waals surface area contributed by atoms with Gasteiger partial charge < -0.3 is 20.1 Å². The van der Waals surface area contributed by atoms with Gasteiger partial charge in [0.25, 0.3) is 11.8 Å². The van der Waals surface area contributed by atoms with Crippen LogP contribution in [0.3, 0.4) is 0 Å². The van der Waals surface area contributed by atoms with Gasteiger partial charge in [-0.05, 0) is 55.4 Å². The summed E-state index contributed by atoms with van der Waals surface area (Å²) in [6, 6.07) is 13.9. The third-order valence-corrected chi connectivity index (χ3v) is 4.22. The Kier molecular flexibility index (Phi) is 9.76. The molecular weight excluding hydrogens is 402 g/mol. The van der Waals surface area contributed by atoms with Crippen LogP contribution in [0.2, 0.25) is 0 Å². The van der Waals surface area contributed by atoms with Crippen LogP contribution in [0.5, 0.6) is 5.75 Å². The second-order valence-corrected chi connectivity index (χ2v) is 6.84. The highest BCUT2D eigenvalue weighted by atomic mass is 32.1. The number of rotatable bonds is 10. The Balaban J connectivity index is 1.95. The fraction of sp³-hybridized carbons (Fsp3) is 0.318. The Morgan fingerprint density at radius 1 is 1.03 bits per heavy atom. The molecule has 2 aromatic carbocycles. The van der Waals surface area contributed by atoms with Gasteiger partial charge in [-0.3, -0.25) is 14.9 Å². The SMILES string of the molecule is CCCOc1ccccc1C(=O)NC(=S)Nc1cccc(C(=O)NCCCOC)c1. The zero-order valence-corrected chi connectivity index (χ0v) is 18.0. The zero-order valence-electron chi connectivity index (χ0n) is 17.2. The van der Waals surface area contributed by atoms with Gasteiger partial charge in [-0.2, -0.15) is 0 Å². The van der Waals surface area contributed by atoms with E-state index in [1.54, 1.807) is 49.6 Å². The molecule has 0 aliphatic carbocycles. The lowest BCUT2D eigenvalue weighted by Gasteiger charge is -2.13. The Morgan fingerprint density at radius 2 is 1.83 bits per heavy atom. The molecule has 2 aromatic rings. The van der Waals surface area contributed by atoms with Gasteiger partial charge in [-0.15, -0.1) is 0 Å². The van der Waals surface area contributed by atoms with Crippen LogP contribution in [0.1, 0.15) is 40.5 Å². The normalized spacial score (nSPS) is 10.2. The molecule has 30 heavy (non-hydrogen) atoms. The van der Waals surface area contributed by atoms with Crippen LogP contribution >= 0.6 is 12.2 Å². The minimum Gasteiger partial charge on any atom is -0.493 e. The number of anilines is 1. The van der Waals surface area contributed by atoms with E-state index in [9.17, 15) is 9.59 Å². The number of benzene rings is 2.